The van der Waals surface area contributed by atoms with Crippen LogP contribution in [-0.4, -0.2) is 40.1 Å². The number of pyridine rings is 1. The molecule has 29 heavy (non-hydrogen) atoms. The Balaban J connectivity index is 1.36. The van der Waals surface area contributed by atoms with E-state index in [0.717, 1.165) is 30.2 Å². The van der Waals surface area contributed by atoms with Crippen molar-refractivity contribution in [2.75, 3.05) is 13.1 Å². The molecule has 4 heteroatoms. The van der Waals surface area contributed by atoms with Crippen LogP contribution in [0.15, 0.2) is 60.8 Å². The molecule has 2 heterocycles. The van der Waals surface area contributed by atoms with Gasteiger partial charge >= 0.3 is 0 Å². The molecule has 0 bridgehead atoms. The molecule has 2 atom stereocenters. The van der Waals surface area contributed by atoms with Gasteiger partial charge in [0.05, 0.1) is 11.6 Å². The number of hydrogen-bond donors (Lipinski definition) is 1. The minimum Gasteiger partial charge on any atom is -0.391 e. The fourth-order valence-electron chi connectivity index (χ4n) is 4.22. The van der Waals surface area contributed by atoms with E-state index in [4.69, 9.17) is 0 Å². The molecule has 150 valence electrons. The first-order chi connectivity index (χ1) is 14.1. The highest BCUT2D eigenvalue weighted by Gasteiger charge is 2.33. The van der Waals surface area contributed by atoms with Crippen molar-refractivity contribution in [2.24, 2.45) is 5.92 Å². The Kier molecular flexibility index (Phi) is 5.91. The van der Waals surface area contributed by atoms with Crippen molar-refractivity contribution >= 4 is 16.8 Å². The van der Waals surface area contributed by atoms with Crippen molar-refractivity contribution < 1.29 is 9.90 Å². The Morgan fingerprint density at radius 1 is 1.07 bits per heavy atom. The zero-order valence-corrected chi connectivity index (χ0v) is 16.9. The van der Waals surface area contributed by atoms with Crippen molar-refractivity contribution in [2.45, 2.75) is 38.7 Å². The smallest absolute Gasteiger partial charge is 0.223 e. The second-order valence-electron chi connectivity index (χ2n) is 7.99. The molecule has 4 nitrogen and oxygen atoms in total. The predicted octanol–water partition coefficient (Wildman–Crippen LogP) is 3.79. The van der Waals surface area contributed by atoms with E-state index in [1.807, 2.05) is 35.4 Å². The Bertz CT molecular complexity index is 978. The molecule has 0 radical (unpaired) electrons. The molecular weight excluding hydrogens is 360 g/mol. The van der Waals surface area contributed by atoms with Gasteiger partial charge in [-0.1, -0.05) is 49.4 Å². The number of rotatable bonds is 6. The number of amides is 1. The summed E-state index contributed by atoms with van der Waals surface area (Å²) in [6.07, 6.45) is 4.37. The number of carbonyl (C=O) groups is 1. The SMILES string of the molecule is CCc1ccc(CCC(=O)N2C[C@@H](Cc3ccnc4ccccc34)[C@@H](O)C2)cc1. The molecule has 4 rings (SSSR count). The lowest BCUT2D eigenvalue weighted by Crippen LogP contribution is -2.29. The zero-order chi connectivity index (χ0) is 20.2. The lowest BCUT2D eigenvalue weighted by molar-refractivity contribution is -0.130. The first kappa shape index (κ1) is 19.6. The molecule has 3 aromatic rings. The molecule has 1 aliphatic rings. The molecule has 0 unspecified atom stereocenters. The summed E-state index contributed by atoms with van der Waals surface area (Å²) in [4.78, 5) is 19.0. The summed E-state index contributed by atoms with van der Waals surface area (Å²) in [6, 6.07) is 18.6. The number of benzene rings is 2. The van der Waals surface area contributed by atoms with Crippen molar-refractivity contribution in [1.29, 1.82) is 0 Å². The van der Waals surface area contributed by atoms with E-state index in [1.165, 1.54) is 16.7 Å². The minimum absolute atomic E-state index is 0.0635. The van der Waals surface area contributed by atoms with Crippen molar-refractivity contribution in [1.82, 2.24) is 9.88 Å². The third kappa shape index (κ3) is 4.48. The summed E-state index contributed by atoms with van der Waals surface area (Å²) in [7, 11) is 0. The molecule has 1 amide bonds. The molecule has 1 saturated heterocycles. The summed E-state index contributed by atoms with van der Waals surface area (Å²) in [6.45, 7) is 3.19. The van der Waals surface area contributed by atoms with Crippen LogP contribution in [0.2, 0.25) is 0 Å². The van der Waals surface area contributed by atoms with Crippen molar-refractivity contribution in [3.05, 3.63) is 77.5 Å². The Hall–Kier alpha value is -2.72. The quantitative estimate of drug-likeness (QED) is 0.699. The van der Waals surface area contributed by atoms with E-state index in [9.17, 15) is 9.90 Å². The van der Waals surface area contributed by atoms with Crippen LogP contribution in [0.4, 0.5) is 0 Å². The maximum Gasteiger partial charge on any atom is 0.223 e. The molecule has 2 aromatic carbocycles. The molecule has 1 aliphatic heterocycles. The fraction of sp³-hybridized carbons (Fsp3) is 0.360. The van der Waals surface area contributed by atoms with Crippen LogP contribution in [0.25, 0.3) is 10.9 Å². The van der Waals surface area contributed by atoms with E-state index in [0.29, 0.717) is 19.5 Å². The lowest BCUT2D eigenvalue weighted by atomic mass is 9.94. The second kappa shape index (κ2) is 8.75. The number of aryl methyl sites for hydroxylation is 2. The van der Waals surface area contributed by atoms with Gasteiger partial charge in [0.1, 0.15) is 0 Å². The number of carbonyl (C=O) groups excluding carboxylic acids is 1. The monoisotopic (exact) mass is 388 g/mol. The van der Waals surface area contributed by atoms with Crippen LogP contribution < -0.4 is 0 Å². The molecule has 1 fully saturated rings. The average molecular weight is 389 g/mol. The highest BCUT2D eigenvalue weighted by Crippen LogP contribution is 2.26. The van der Waals surface area contributed by atoms with E-state index < -0.39 is 6.10 Å². The largest absolute Gasteiger partial charge is 0.391 e. The maximum absolute atomic E-state index is 12.7. The highest BCUT2D eigenvalue weighted by molar-refractivity contribution is 5.82. The summed E-state index contributed by atoms with van der Waals surface area (Å²) >= 11 is 0. The highest BCUT2D eigenvalue weighted by atomic mass is 16.3. The van der Waals surface area contributed by atoms with Gasteiger partial charge in [-0.25, -0.2) is 0 Å². The van der Waals surface area contributed by atoms with Crippen LogP contribution in [0.1, 0.15) is 30.0 Å². The van der Waals surface area contributed by atoms with Gasteiger partial charge in [-0.2, -0.15) is 0 Å². The number of hydrogen-bond acceptors (Lipinski definition) is 3. The molecule has 1 N–H and O–H groups in total. The van der Waals surface area contributed by atoms with Gasteiger partial charge in [-0.3, -0.25) is 9.78 Å². The standard InChI is InChI=1S/C25H28N2O2/c1-2-18-7-9-19(10-8-18)11-12-25(29)27-16-21(24(28)17-27)15-20-13-14-26-23-6-4-3-5-22(20)23/h3-10,13-14,21,24,28H,2,11-12,15-17H2,1H3/t21-,24+/m1/s1. The Morgan fingerprint density at radius 2 is 1.83 bits per heavy atom. The maximum atomic E-state index is 12.7. The number of β-amino-alcohol motifs (C(OH)–C–C–N with tert-alkyl or cyclic N) is 1. The average Bonchev–Trinajstić information content (AvgIpc) is 3.13. The van der Waals surface area contributed by atoms with Gasteiger partial charge < -0.3 is 10.0 Å². The lowest BCUT2D eigenvalue weighted by Gasteiger charge is -2.17. The van der Waals surface area contributed by atoms with Crippen LogP contribution in [0, 0.1) is 5.92 Å². The van der Waals surface area contributed by atoms with E-state index in [2.05, 4.69) is 42.2 Å². The van der Waals surface area contributed by atoms with Gasteiger partial charge in [0.15, 0.2) is 0 Å². The first-order valence-corrected chi connectivity index (χ1v) is 10.5. The molecule has 0 spiro atoms. The number of aliphatic hydroxyl groups excluding tert-OH is 1. The van der Waals surface area contributed by atoms with Crippen LogP contribution >= 0.6 is 0 Å². The third-order valence-corrected chi connectivity index (χ3v) is 6.04. The number of para-hydroxylation sites is 1. The molecular formula is C25H28N2O2. The fourth-order valence-corrected chi connectivity index (χ4v) is 4.22. The number of fused-ring (bicyclic) bond motifs is 1. The molecule has 1 aromatic heterocycles. The van der Waals surface area contributed by atoms with Gasteiger partial charge in [-0.05, 0) is 48.1 Å². The zero-order valence-electron chi connectivity index (χ0n) is 16.9. The van der Waals surface area contributed by atoms with Gasteiger partial charge in [0.2, 0.25) is 5.91 Å². The number of aromatic nitrogens is 1. The van der Waals surface area contributed by atoms with E-state index in [-0.39, 0.29) is 11.8 Å². The number of likely N-dealkylation sites (tertiary alicyclic amines) is 1. The third-order valence-electron chi connectivity index (χ3n) is 6.04. The number of aliphatic hydroxyl groups is 1. The molecule has 0 aliphatic carbocycles. The van der Waals surface area contributed by atoms with Gasteiger partial charge in [0.25, 0.3) is 0 Å². The molecule has 0 saturated carbocycles. The van der Waals surface area contributed by atoms with Gasteiger partial charge in [-0.15, -0.1) is 0 Å². The van der Waals surface area contributed by atoms with E-state index >= 15 is 0 Å². The minimum atomic E-state index is -0.477. The van der Waals surface area contributed by atoms with E-state index in [1.54, 1.807) is 0 Å². The summed E-state index contributed by atoms with van der Waals surface area (Å²) in [5, 5.41) is 11.7. The van der Waals surface area contributed by atoms with Crippen LogP contribution in [0.3, 0.4) is 0 Å². The topological polar surface area (TPSA) is 53.4 Å². The van der Waals surface area contributed by atoms with Crippen LogP contribution in [-0.2, 0) is 24.1 Å². The van der Waals surface area contributed by atoms with Crippen LogP contribution in [0.5, 0.6) is 0 Å². The summed E-state index contributed by atoms with van der Waals surface area (Å²) in [5.74, 6) is 0.194. The predicted molar refractivity (Wildman–Crippen MR) is 116 cm³/mol. The summed E-state index contributed by atoms with van der Waals surface area (Å²) < 4.78 is 0. The first-order valence-electron chi connectivity index (χ1n) is 10.5. The normalized spacial score (nSPS) is 19.0. The second-order valence-corrected chi connectivity index (χ2v) is 7.99. The number of nitrogens with zero attached hydrogens (tertiary/aromatic N) is 2. The van der Waals surface area contributed by atoms with Crippen molar-refractivity contribution in [3.8, 4) is 0 Å². The van der Waals surface area contributed by atoms with Crippen molar-refractivity contribution in [3.63, 3.8) is 0 Å². The Morgan fingerprint density at radius 3 is 2.62 bits per heavy atom. The Labute approximate surface area is 172 Å². The van der Waals surface area contributed by atoms with Gasteiger partial charge in [0, 0.05) is 37.0 Å². The summed E-state index contributed by atoms with van der Waals surface area (Å²) in [5.41, 5.74) is 4.66.